The molecule has 0 radical (unpaired) electrons. The molecule has 1 aliphatic heterocycles. The molecule has 6 heteroatoms. The maximum atomic E-state index is 5.76. The first-order valence-electron chi connectivity index (χ1n) is 9.29. The van der Waals surface area contributed by atoms with Crippen LogP contribution in [-0.4, -0.2) is 14.7 Å². The highest BCUT2D eigenvalue weighted by Crippen LogP contribution is 2.42. The normalized spacial score (nSPS) is 19.7. The first kappa shape index (κ1) is 19.2. The molecule has 28 heavy (non-hydrogen) atoms. The van der Waals surface area contributed by atoms with Crippen LogP contribution in [0.15, 0.2) is 71.6 Å². The van der Waals surface area contributed by atoms with Gasteiger partial charge in [-0.2, -0.15) is 0 Å². The number of nitrogens with zero attached hydrogens (tertiary/aromatic N) is 3. The van der Waals surface area contributed by atoms with Gasteiger partial charge in [-0.3, -0.25) is 4.98 Å². The summed E-state index contributed by atoms with van der Waals surface area (Å²) in [5.74, 6) is 0. The van der Waals surface area contributed by atoms with Crippen LogP contribution >= 0.6 is 28.1 Å². The molecule has 2 atom stereocenters. The van der Waals surface area contributed by atoms with Gasteiger partial charge in [-0.25, -0.2) is 0 Å². The third kappa shape index (κ3) is 3.59. The highest BCUT2D eigenvalue weighted by atomic mass is 79.9. The van der Waals surface area contributed by atoms with Crippen molar-refractivity contribution in [3.8, 4) is 0 Å². The fourth-order valence-electron chi connectivity index (χ4n) is 3.58. The summed E-state index contributed by atoms with van der Waals surface area (Å²) in [5, 5.41) is 4.22. The number of benzene rings is 1. The largest absolute Gasteiger partial charge is 0.351 e. The molecule has 0 amide bonds. The maximum absolute atomic E-state index is 5.76. The molecule has 0 spiro atoms. The van der Waals surface area contributed by atoms with Crippen LogP contribution in [0.4, 0.5) is 5.69 Å². The molecular formula is C22H23BrN4S. The topological polar surface area (TPSA) is 33.1 Å². The van der Waals surface area contributed by atoms with Gasteiger partial charge in [0.15, 0.2) is 5.11 Å². The maximum Gasteiger partial charge on any atom is 0.174 e. The van der Waals surface area contributed by atoms with E-state index >= 15 is 0 Å². The van der Waals surface area contributed by atoms with E-state index in [1.54, 1.807) is 0 Å². The molecule has 2 aromatic heterocycles. The van der Waals surface area contributed by atoms with Gasteiger partial charge in [0.05, 0.1) is 17.8 Å². The molecule has 1 aliphatic rings. The first-order valence-corrected chi connectivity index (χ1v) is 10.5. The van der Waals surface area contributed by atoms with Crippen molar-refractivity contribution in [3.63, 3.8) is 0 Å². The summed E-state index contributed by atoms with van der Waals surface area (Å²) in [6.07, 6.45) is 6.20. The summed E-state index contributed by atoms with van der Waals surface area (Å²) in [7, 11) is 0. The van der Waals surface area contributed by atoms with E-state index < -0.39 is 0 Å². The number of anilines is 1. The zero-order valence-electron chi connectivity index (χ0n) is 16.1. The lowest BCUT2D eigenvalue weighted by Gasteiger charge is -2.28. The van der Waals surface area contributed by atoms with Crippen molar-refractivity contribution >= 4 is 38.9 Å². The molecule has 1 fully saturated rings. The Morgan fingerprint density at radius 2 is 1.82 bits per heavy atom. The number of aromatic nitrogens is 2. The van der Waals surface area contributed by atoms with Crippen molar-refractivity contribution < 1.29 is 0 Å². The third-order valence-corrected chi connectivity index (χ3v) is 5.88. The molecule has 3 heterocycles. The number of halogens is 1. The van der Waals surface area contributed by atoms with E-state index in [9.17, 15) is 0 Å². The molecule has 3 aromatic rings. The Morgan fingerprint density at radius 3 is 2.43 bits per heavy atom. The number of hydrogen-bond acceptors (Lipinski definition) is 2. The lowest BCUT2D eigenvalue weighted by atomic mass is 9.98. The fourth-order valence-corrected chi connectivity index (χ4v) is 4.19. The average molecular weight is 455 g/mol. The van der Waals surface area contributed by atoms with Crippen LogP contribution in [-0.2, 0) is 5.54 Å². The van der Waals surface area contributed by atoms with E-state index in [0.717, 1.165) is 15.9 Å². The molecular weight excluding hydrogens is 432 g/mol. The van der Waals surface area contributed by atoms with Crippen molar-refractivity contribution in [1.29, 1.82) is 0 Å². The van der Waals surface area contributed by atoms with Crippen molar-refractivity contribution in [2.45, 2.75) is 38.4 Å². The van der Waals surface area contributed by atoms with Gasteiger partial charge in [-0.1, -0.05) is 22.0 Å². The zero-order chi connectivity index (χ0) is 19.9. The third-order valence-electron chi connectivity index (χ3n) is 5.03. The average Bonchev–Trinajstić information content (AvgIpc) is 3.28. The fraction of sp³-hybridized carbons (Fsp3) is 0.273. The predicted molar refractivity (Wildman–Crippen MR) is 122 cm³/mol. The number of thiocarbonyl (C=S) groups is 1. The summed E-state index contributed by atoms with van der Waals surface area (Å²) >= 11 is 9.28. The molecule has 0 unspecified atom stereocenters. The summed E-state index contributed by atoms with van der Waals surface area (Å²) in [6, 6.07) is 16.5. The number of pyridine rings is 1. The van der Waals surface area contributed by atoms with Crippen LogP contribution in [0.2, 0.25) is 0 Å². The van der Waals surface area contributed by atoms with Gasteiger partial charge in [0.25, 0.3) is 0 Å². The minimum Gasteiger partial charge on any atom is -0.351 e. The molecule has 1 N–H and O–H groups in total. The number of nitrogens with one attached hydrogen (secondary N) is 1. The highest BCUT2D eigenvalue weighted by Gasteiger charge is 2.41. The second-order valence-electron chi connectivity index (χ2n) is 8.00. The smallest absolute Gasteiger partial charge is 0.174 e. The van der Waals surface area contributed by atoms with Gasteiger partial charge >= 0.3 is 0 Å². The quantitative estimate of drug-likeness (QED) is 0.523. The zero-order valence-corrected chi connectivity index (χ0v) is 18.5. The SMILES string of the molecule is CC(C)(C)n1ccc([C@@H]2[C@@H](c3ccccn3)NC(=S)N2c2ccc(Br)cc2)c1. The van der Waals surface area contributed by atoms with Crippen LogP contribution < -0.4 is 10.2 Å². The number of hydrogen-bond donors (Lipinski definition) is 1. The minimum absolute atomic E-state index is 0.0202. The Hall–Kier alpha value is -2.18. The van der Waals surface area contributed by atoms with E-state index in [1.807, 2.05) is 30.5 Å². The van der Waals surface area contributed by atoms with Crippen molar-refractivity contribution in [1.82, 2.24) is 14.9 Å². The molecule has 1 aromatic carbocycles. The van der Waals surface area contributed by atoms with E-state index in [-0.39, 0.29) is 17.6 Å². The van der Waals surface area contributed by atoms with Crippen LogP contribution in [0, 0.1) is 0 Å². The summed E-state index contributed by atoms with van der Waals surface area (Å²) < 4.78 is 3.30. The lowest BCUT2D eigenvalue weighted by molar-refractivity contribution is 0.397. The summed E-state index contributed by atoms with van der Waals surface area (Å²) in [5.41, 5.74) is 3.28. The standard InChI is InChI=1S/C22H23BrN4S/c1-22(2,3)26-13-11-15(14-26)20-19(18-6-4-5-12-24-18)25-21(28)27(20)17-9-7-16(23)8-10-17/h4-14,19-20H,1-3H3,(H,25,28)/t19-,20-/m1/s1. The lowest BCUT2D eigenvalue weighted by Crippen LogP contribution is -2.29. The van der Waals surface area contributed by atoms with Crippen molar-refractivity contribution in [2.24, 2.45) is 0 Å². The molecule has 1 saturated heterocycles. The van der Waals surface area contributed by atoms with Crippen LogP contribution in [0.5, 0.6) is 0 Å². The van der Waals surface area contributed by atoms with Gasteiger partial charge in [0.2, 0.25) is 0 Å². The second kappa shape index (κ2) is 7.33. The van der Waals surface area contributed by atoms with E-state index in [0.29, 0.717) is 5.11 Å². The highest BCUT2D eigenvalue weighted by molar-refractivity contribution is 9.10. The van der Waals surface area contributed by atoms with E-state index in [4.69, 9.17) is 12.2 Å². The molecule has 4 nitrogen and oxygen atoms in total. The van der Waals surface area contributed by atoms with Crippen molar-refractivity contribution in [3.05, 3.63) is 82.9 Å². The molecule has 4 rings (SSSR count). The van der Waals surface area contributed by atoms with Gasteiger partial charge in [0, 0.05) is 34.3 Å². The molecule has 0 aliphatic carbocycles. The van der Waals surface area contributed by atoms with E-state index in [1.165, 1.54) is 5.56 Å². The van der Waals surface area contributed by atoms with Crippen LogP contribution in [0.1, 0.15) is 44.1 Å². The van der Waals surface area contributed by atoms with E-state index in [2.05, 4.69) is 93.1 Å². The van der Waals surface area contributed by atoms with Gasteiger partial charge in [0.1, 0.15) is 0 Å². The van der Waals surface area contributed by atoms with Crippen molar-refractivity contribution in [2.75, 3.05) is 4.90 Å². The predicted octanol–water partition coefficient (Wildman–Crippen LogP) is 5.58. The summed E-state index contributed by atoms with van der Waals surface area (Å²) in [4.78, 5) is 6.80. The Balaban J connectivity index is 1.81. The first-order chi connectivity index (χ1) is 13.3. The summed E-state index contributed by atoms with van der Waals surface area (Å²) in [6.45, 7) is 6.62. The Morgan fingerprint density at radius 1 is 1.07 bits per heavy atom. The minimum atomic E-state index is -0.0202. The molecule has 144 valence electrons. The Bertz CT molecular complexity index is 976. The van der Waals surface area contributed by atoms with Crippen LogP contribution in [0.3, 0.4) is 0 Å². The van der Waals surface area contributed by atoms with Gasteiger partial charge < -0.3 is 14.8 Å². The monoisotopic (exact) mass is 454 g/mol. The molecule has 0 bridgehead atoms. The van der Waals surface area contributed by atoms with Gasteiger partial charge in [-0.15, -0.1) is 0 Å². The number of rotatable bonds is 3. The van der Waals surface area contributed by atoms with Crippen LogP contribution in [0.25, 0.3) is 0 Å². The Kier molecular flexibility index (Phi) is 5.02. The second-order valence-corrected chi connectivity index (χ2v) is 9.30. The van der Waals surface area contributed by atoms with Gasteiger partial charge in [-0.05, 0) is 81.0 Å². The Labute approximate surface area is 179 Å². The molecule has 0 saturated carbocycles.